The predicted octanol–water partition coefficient (Wildman–Crippen LogP) is 1.42. The largest absolute Gasteiger partial charge is 0.478 e. The second-order valence-electron chi connectivity index (χ2n) is 4.22. The molecule has 0 saturated carbocycles. The number of nitrogens with two attached hydrogens (primary N) is 1. The molecule has 5 heteroatoms. The first-order valence-electron chi connectivity index (χ1n) is 5.61. The van der Waals surface area contributed by atoms with Gasteiger partial charge in [-0.2, -0.15) is 0 Å². The highest BCUT2D eigenvalue weighted by Crippen LogP contribution is 2.21. The fraction of sp³-hybridized carbons (Fsp3) is 0.417. The second-order valence-corrected chi connectivity index (χ2v) is 4.22. The number of aromatic carboxylic acids is 1. The summed E-state index contributed by atoms with van der Waals surface area (Å²) in [6, 6.07) is 4.72. The maximum absolute atomic E-state index is 10.7. The van der Waals surface area contributed by atoms with Crippen LogP contribution in [0.2, 0.25) is 0 Å². The van der Waals surface area contributed by atoms with E-state index in [4.69, 9.17) is 15.6 Å². The van der Waals surface area contributed by atoms with Crippen LogP contribution < -0.4 is 11.1 Å². The van der Waals surface area contributed by atoms with E-state index in [0.29, 0.717) is 11.6 Å². The molecule has 2 rings (SSSR count). The van der Waals surface area contributed by atoms with E-state index < -0.39 is 5.97 Å². The Morgan fingerprint density at radius 3 is 3.00 bits per heavy atom. The number of benzene rings is 1. The molecule has 4 N–H and O–H groups in total. The lowest BCUT2D eigenvalue weighted by atomic mass is 10.1. The number of ether oxygens (including phenoxy) is 1. The van der Waals surface area contributed by atoms with Gasteiger partial charge in [-0.1, -0.05) is 0 Å². The van der Waals surface area contributed by atoms with Gasteiger partial charge in [0.2, 0.25) is 0 Å². The zero-order valence-corrected chi connectivity index (χ0v) is 9.48. The Kier molecular flexibility index (Phi) is 3.49. The first-order valence-corrected chi connectivity index (χ1v) is 5.61. The van der Waals surface area contributed by atoms with Gasteiger partial charge in [-0.05, 0) is 24.6 Å². The number of hydrogen-bond acceptors (Lipinski definition) is 4. The normalized spacial score (nSPS) is 19.2. The van der Waals surface area contributed by atoms with Gasteiger partial charge in [-0.15, -0.1) is 0 Å². The first kappa shape index (κ1) is 11.7. The molecule has 1 unspecified atom stereocenters. The maximum atomic E-state index is 10.7. The molecule has 1 aliphatic heterocycles. The van der Waals surface area contributed by atoms with Crippen LogP contribution in [0.4, 0.5) is 11.4 Å². The second kappa shape index (κ2) is 5.05. The number of anilines is 2. The summed E-state index contributed by atoms with van der Waals surface area (Å²) in [6.07, 6.45) is 1.06. The standard InChI is InChI=1S/C12H16N2O3/c13-10-5-9(12(15)16)1-2-11(10)14-6-8-3-4-17-7-8/h1-2,5,8,14H,3-4,6-7,13H2,(H,15,16). The SMILES string of the molecule is Nc1cc(C(=O)O)ccc1NCC1CCOC1. The van der Waals surface area contributed by atoms with E-state index >= 15 is 0 Å². The summed E-state index contributed by atoms with van der Waals surface area (Å²) in [5, 5.41) is 12.0. The van der Waals surface area contributed by atoms with Crippen LogP contribution in [0.5, 0.6) is 0 Å². The molecule has 0 spiro atoms. The van der Waals surface area contributed by atoms with E-state index in [1.807, 2.05) is 0 Å². The molecule has 1 heterocycles. The fourth-order valence-electron chi connectivity index (χ4n) is 1.86. The molecule has 0 aromatic heterocycles. The summed E-state index contributed by atoms with van der Waals surface area (Å²) in [7, 11) is 0. The molecule has 0 aliphatic carbocycles. The Morgan fingerprint density at radius 1 is 1.59 bits per heavy atom. The third-order valence-corrected chi connectivity index (χ3v) is 2.90. The average Bonchev–Trinajstić information content (AvgIpc) is 2.80. The highest BCUT2D eigenvalue weighted by Gasteiger charge is 2.15. The molecule has 92 valence electrons. The van der Waals surface area contributed by atoms with Crippen LogP contribution in [0.1, 0.15) is 16.8 Å². The summed E-state index contributed by atoms with van der Waals surface area (Å²) in [5.74, 6) is -0.457. The smallest absolute Gasteiger partial charge is 0.335 e. The van der Waals surface area contributed by atoms with Crippen molar-refractivity contribution in [2.45, 2.75) is 6.42 Å². The van der Waals surface area contributed by atoms with Crippen molar-refractivity contribution >= 4 is 17.3 Å². The molecule has 0 radical (unpaired) electrons. The predicted molar refractivity (Wildman–Crippen MR) is 65.2 cm³/mol. The van der Waals surface area contributed by atoms with E-state index in [-0.39, 0.29) is 5.56 Å². The molecule has 0 bridgehead atoms. The van der Waals surface area contributed by atoms with Gasteiger partial charge >= 0.3 is 5.97 Å². The van der Waals surface area contributed by atoms with Crippen LogP contribution in [0, 0.1) is 5.92 Å². The van der Waals surface area contributed by atoms with Gasteiger partial charge < -0.3 is 20.9 Å². The highest BCUT2D eigenvalue weighted by atomic mass is 16.5. The van der Waals surface area contributed by atoms with Crippen molar-refractivity contribution in [3.8, 4) is 0 Å². The molecule has 5 nitrogen and oxygen atoms in total. The molecule has 1 aromatic rings. The fourth-order valence-corrected chi connectivity index (χ4v) is 1.86. The molecule has 1 fully saturated rings. The minimum Gasteiger partial charge on any atom is -0.478 e. The summed E-state index contributed by atoms with van der Waals surface area (Å²) in [4.78, 5) is 10.7. The van der Waals surface area contributed by atoms with Crippen molar-refractivity contribution in [2.75, 3.05) is 30.8 Å². The van der Waals surface area contributed by atoms with Gasteiger partial charge in [0.25, 0.3) is 0 Å². The quantitative estimate of drug-likeness (QED) is 0.688. The molecule has 1 aromatic carbocycles. The molecular formula is C12H16N2O3. The van der Waals surface area contributed by atoms with Crippen molar-refractivity contribution in [1.82, 2.24) is 0 Å². The van der Waals surface area contributed by atoms with Crippen LogP contribution in [0.25, 0.3) is 0 Å². The number of carboxylic acid groups (broad SMARTS) is 1. The molecule has 1 aliphatic rings. The van der Waals surface area contributed by atoms with E-state index in [1.165, 1.54) is 6.07 Å². The Bertz CT molecular complexity index is 414. The Morgan fingerprint density at radius 2 is 2.41 bits per heavy atom. The number of rotatable bonds is 4. The van der Waals surface area contributed by atoms with Crippen LogP contribution in [0.3, 0.4) is 0 Å². The Hall–Kier alpha value is -1.75. The third-order valence-electron chi connectivity index (χ3n) is 2.90. The van der Waals surface area contributed by atoms with Crippen molar-refractivity contribution in [3.63, 3.8) is 0 Å². The minimum atomic E-state index is -0.965. The van der Waals surface area contributed by atoms with Crippen molar-refractivity contribution in [3.05, 3.63) is 23.8 Å². The molecule has 1 saturated heterocycles. The third kappa shape index (κ3) is 2.88. The highest BCUT2D eigenvalue weighted by molar-refractivity contribution is 5.90. The van der Waals surface area contributed by atoms with Crippen molar-refractivity contribution in [2.24, 2.45) is 5.92 Å². The Labute approximate surface area is 99.6 Å². The lowest BCUT2D eigenvalue weighted by molar-refractivity contribution is 0.0697. The monoisotopic (exact) mass is 236 g/mol. The average molecular weight is 236 g/mol. The number of carbonyl (C=O) groups is 1. The van der Waals surface area contributed by atoms with E-state index in [0.717, 1.165) is 31.9 Å². The minimum absolute atomic E-state index is 0.206. The van der Waals surface area contributed by atoms with Gasteiger partial charge in [0.05, 0.1) is 23.5 Å². The van der Waals surface area contributed by atoms with Crippen LogP contribution in [0.15, 0.2) is 18.2 Å². The Balaban J connectivity index is 1.98. The van der Waals surface area contributed by atoms with E-state index in [1.54, 1.807) is 12.1 Å². The van der Waals surface area contributed by atoms with Gasteiger partial charge in [0.15, 0.2) is 0 Å². The zero-order chi connectivity index (χ0) is 12.3. The summed E-state index contributed by atoms with van der Waals surface area (Å²) >= 11 is 0. The lowest BCUT2D eigenvalue weighted by Crippen LogP contribution is -2.15. The van der Waals surface area contributed by atoms with Crippen LogP contribution in [-0.2, 0) is 4.74 Å². The van der Waals surface area contributed by atoms with Crippen LogP contribution >= 0.6 is 0 Å². The molecule has 17 heavy (non-hydrogen) atoms. The summed E-state index contributed by atoms with van der Waals surface area (Å²) in [5.41, 5.74) is 7.23. The number of hydrogen-bond donors (Lipinski definition) is 3. The first-order chi connectivity index (χ1) is 8.16. The molecule has 0 amide bonds. The lowest BCUT2D eigenvalue weighted by Gasteiger charge is -2.13. The van der Waals surface area contributed by atoms with Gasteiger partial charge in [0, 0.05) is 19.1 Å². The number of nitrogen functional groups attached to an aromatic ring is 1. The topological polar surface area (TPSA) is 84.6 Å². The number of nitrogens with one attached hydrogen (secondary N) is 1. The van der Waals surface area contributed by atoms with Crippen LogP contribution in [-0.4, -0.2) is 30.8 Å². The van der Waals surface area contributed by atoms with E-state index in [2.05, 4.69) is 5.32 Å². The maximum Gasteiger partial charge on any atom is 0.335 e. The van der Waals surface area contributed by atoms with Gasteiger partial charge in [0.1, 0.15) is 0 Å². The summed E-state index contributed by atoms with van der Waals surface area (Å²) < 4.78 is 5.28. The van der Waals surface area contributed by atoms with Gasteiger partial charge in [-0.3, -0.25) is 0 Å². The summed E-state index contributed by atoms with van der Waals surface area (Å²) in [6.45, 7) is 2.40. The number of carboxylic acids is 1. The molecular weight excluding hydrogens is 220 g/mol. The van der Waals surface area contributed by atoms with Gasteiger partial charge in [-0.25, -0.2) is 4.79 Å². The van der Waals surface area contributed by atoms with Crippen molar-refractivity contribution < 1.29 is 14.6 Å². The van der Waals surface area contributed by atoms with E-state index in [9.17, 15) is 4.79 Å². The molecule has 1 atom stereocenters. The van der Waals surface area contributed by atoms with Crippen molar-refractivity contribution in [1.29, 1.82) is 0 Å². The zero-order valence-electron chi connectivity index (χ0n) is 9.48.